The lowest BCUT2D eigenvalue weighted by molar-refractivity contribution is 0.620. The molecule has 0 fully saturated rings. The molecule has 120 heavy (non-hydrogen) atoms. The highest BCUT2D eigenvalue weighted by atomic mass is 32.1. The maximum absolute atomic E-state index is 6.01. The van der Waals surface area contributed by atoms with Crippen LogP contribution in [0.15, 0.2) is 368 Å². The fourth-order valence-electron chi connectivity index (χ4n) is 20.0. The number of rotatable bonds is 8. The van der Waals surface area contributed by atoms with Crippen LogP contribution in [0.1, 0.15) is 74.9 Å². The van der Waals surface area contributed by atoms with Crippen molar-refractivity contribution in [2.24, 2.45) is 0 Å². The minimum absolute atomic E-state index is 0.0584. The lowest BCUT2D eigenvalue weighted by Gasteiger charge is -2.22. The largest absolute Gasteiger partial charge is 0.436 e. The smallest absolute Gasteiger partial charge is 0.227 e. The van der Waals surface area contributed by atoms with E-state index < -0.39 is 0 Å². The molecular weight excluding hydrogens is 1480 g/mol. The van der Waals surface area contributed by atoms with Crippen molar-refractivity contribution >= 4 is 98.1 Å². The zero-order valence-electron chi connectivity index (χ0n) is 67.0. The summed E-state index contributed by atoms with van der Waals surface area (Å²) in [7, 11) is 0. The monoisotopic (exact) mass is 1560 g/mol. The van der Waals surface area contributed by atoms with Crippen LogP contribution in [0.4, 0.5) is 0 Å². The van der Waals surface area contributed by atoms with E-state index in [0.717, 1.165) is 60.8 Å². The molecule has 0 radical (unpaired) electrons. The van der Waals surface area contributed by atoms with Crippen LogP contribution in [-0.2, 0) is 16.2 Å². The fraction of sp³-hybridized carbons (Fsp3) is 0.0818. The number of aromatic nitrogens is 8. The maximum atomic E-state index is 6.01. The summed E-state index contributed by atoms with van der Waals surface area (Å²) in [6.07, 6.45) is 0. The predicted molar refractivity (Wildman–Crippen MR) is 496 cm³/mol. The van der Waals surface area contributed by atoms with Gasteiger partial charge in [-0.05, 0) is 200 Å². The van der Waals surface area contributed by atoms with Crippen molar-refractivity contribution in [3.63, 3.8) is 0 Å². The summed E-state index contributed by atoms with van der Waals surface area (Å²) in [6, 6.07) is 129. The van der Waals surface area contributed by atoms with Crippen molar-refractivity contribution < 1.29 is 4.42 Å². The summed E-state index contributed by atoms with van der Waals surface area (Å²) in [4.78, 5) is 24.3. The molecule has 0 saturated carbocycles. The van der Waals surface area contributed by atoms with Gasteiger partial charge in [-0.2, -0.15) is 0 Å². The lowest BCUT2D eigenvalue weighted by Crippen LogP contribution is -2.15. The Morgan fingerprint density at radius 2 is 0.583 bits per heavy atom. The molecule has 570 valence electrons. The molecule has 9 nitrogen and oxygen atoms in total. The number of thiazole rings is 1. The van der Waals surface area contributed by atoms with Crippen molar-refractivity contribution in [3.05, 3.63) is 397 Å². The Morgan fingerprint density at radius 3 is 0.992 bits per heavy atom. The minimum Gasteiger partial charge on any atom is -0.436 e. The molecule has 16 aromatic carbocycles. The quantitative estimate of drug-likeness (QED) is 0.150. The van der Waals surface area contributed by atoms with Gasteiger partial charge in [0.05, 0.1) is 43.3 Å². The van der Waals surface area contributed by atoms with E-state index in [-0.39, 0.29) is 16.2 Å². The number of hydrogen-bond acceptors (Lipinski definition) is 7. The molecule has 0 atom stereocenters. The fourth-order valence-corrected chi connectivity index (χ4v) is 21.0. The van der Waals surface area contributed by atoms with E-state index in [0.29, 0.717) is 23.4 Å². The van der Waals surface area contributed by atoms with E-state index in [2.05, 4.69) is 333 Å². The zero-order valence-corrected chi connectivity index (χ0v) is 67.9. The summed E-state index contributed by atoms with van der Waals surface area (Å²) in [6.45, 7) is 14.2. The van der Waals surface area contributed by atoms with Crippen LogP contribution >= 0.6 is 11.3 Å². The zero-order chi connectivity index (χ0) is 80.3. The van der Waals surface area contributed by atoms with Crippen molar-refractivity contribution in [1.29, 1.82) is 0 Å². The van der Waals surface area contributed by atoms with Gasteiger partial charge in [-0.25, -0.2) is 24.9 Å². The van der Waals surface area contributed by atoms with Gasteiger partial charge in [0.2, 0.25) is 5.89 Å². The first kappa shape index (κ1) is 70.7. The second-order valence-electron chi connectivity index (χ2n) is 33.4. The first-order chi connectivity index (χ1) is 58.8. The van der Waals surface area contributed by atoms with Crippen molar-refractivity contribution in [3.8, 4) is 107 Å². The van der Waals surface area contributed by atoms with Crippen molar-refractivity contribution in [2.45, 2.75) is 57.8 Å². The van der Waals surface area contributed by atoms with Crippen molar-refractivity contribution in [1.82, 2.24) is 38.6 Å². The van der Waals surface area contributed by atoms with Crippen LogP contribution in [-0.4, -0.2) is 38.6 Å². The summed E-state index contributed by atoms with van der Waals surface area (Å²) < 4.78 is 14.4. The minimum atomic E-state index is -0.101. The second-order valence-corrected chi connectivity index (χ2v) is 34.4. The van der Waals surface area contributed by atoms with Gasteiger partial charge < -0.3 is 18.1 Å². The highest BCUT2D eigenvalue weighted by Crippen LogP contribution is 2.57. The normalized spacial score (nSPS) is 13.6. The average molecular weight is 1560 g/mol. The Bertz CT molecular complexity index is 7500. The Balaban J connectivity index is 0.000000106. The van der Waals surface area contributed by atoms with Crippen LogP contribution in [0, 0.1) is 0 Å². The molecule has 0 bridgehead atoms. The van der Waals surface area contributed by atoms with Gasteiger partial charge >= 0.3 is 0 Å². The van der Waals surface area contributed by atoms with E-state index in [1.807, 2.05) is 91.0 Å². The highest BCUT2D eigenvalue weighted by molar-refractivity contribution is 7.21. The molecule has 0 unspecified atom stereocenters. The number of fused-ring (bicyclic) bond motifs is 23. The van der Waals surface area contributed by atoms with Gasteiger partial charge in [0, 0.05) is 93.4 Å². The molecule has 0 saturated heterocycles. The van der Waals surface area contributed by atoms with Gasteiger partial charge in [0.25, 0.3) is 0 Å². The number of oxazole rings is 1. The van der Waals surface area contributed by atoms with Crippen LogP contribution in [0.2, 0.25) is 0 Å². The van der Waals surface area contributed by atoms with Crippen molar-refractivity contribution in [2.75, 3.05) is 0 Å². The predicted octanol–water partition coefficient (Wildman–Crippen LogP) is 28.5. The molecule has 25 rings (SSSR count). The highest BCUT2D eigenvalue weighted by Gasteiger charge is 2.41. The molecule has 0 amide bonds. The molecule has 0 aliphatic heterocycles. The molecule has 6 aromatic heterocycles. The molecule has 0 N–H and O–H groups in total. The van der Waals surface area contributed by atoms with Crippen LogP contribution in [0.3, 0.4) is 0 Å². The van der Waals surface area contributed by atoms with E-state index in [9.17, 15) is 0 Å². The topological polar surface area (TPSA) is 92.4 Å². The standard InChI is InChI=1S/C42H30N4.C34H24N2O.C34H24N2S/c1-42(2)34-19-11-9-17-31(34)32-25-26-36-37(38(32)42)33-18-10-12-20-35(33)46(36)30-23-21-29(22-24-30)41-44-39(27-13-5-3-6-14-27)43-40(45-41)28-15-7-4-8-16-28;2*1-34(2)26-11-5-3-9-23(26)24-19-20-29-31(32(24)34)25-10-4-7-13-28(25)36(29)22-17-15-21(16-18-22)33-35-27-12-6-8-14-30(27)37-33/h3-26H,1-2H3;2*3-20H,1-2H3. The third-order valence-corrected chi connectivity index (χ3v) is 26.6. The summed E-state index contributed by atoms with van der Waals surface area (Å²) >= 11 is 1.75. The third kappa shape index (κ3) is 10.9. The lowest BCUT2D eigenvalue weighted by atomic mass is 9.80. The average Bonchev–Trinajstić information content (AvgIpc) is 1.55. The SMILES string of the molecule is CC1(C)c2ccccc2-c2ccc3c(c21)c1ccccc1n3-c1ccc(-c2nc(-c3ccccc3)nc(-c3ccccc3)n2)cc1.CC1(C)c2ccccc2-c2ccc3c(c21)c1ccccc1n3-c1ccc(-c2nc3ccccc3o2)cc1.CC1(C)c2ccccc2-c2ccc3c(c21)c1ccccc1n3-c1ccc(-c2nc3ccccc3s2)cc1. The Hall–Kier alpha value is -14.7. The number of nitrogens with zero attached hydrogens (tertiary/aromatic N) is 8. The number of hydrogen-bond donors (Lipinski definition) is 0. The van der Waals surface area contributed by atoms with Gasteiger partial charge in [0.1, 0.15) is 10.5 Å². The van der Waals surface area contributed by atoms with Crippen LogP contribution < -0.4 is 0 Å². The third-order valence-electron chi connectivity index (χ3n) is 25.5. The molecule has 3 aliphatic rings. The van der Waals surface area contributed by atoms with Gasteiger partial charge in [-0.3, -0.25) is 0 Å². The first-order valence-corrected chi connectivity index (χ1v) is 42.0. The second kappa shape index (κ2) is 27.2. The van der Waals surface area contributed by atoms with Crippen LogP contribution in [0.25, 0.3) is 193 Å². The van der Waals surface area contributed by atoms with E-state index >= 15 is 0 Å². The molecule has 3 aliphatic carbocycles. The summed E-state index contributed by atoms with van der Waals surface area (Å²) in [5.41, 5.74) is 34.8. The van der Waals surface area contributed by atoms with Crippen LogP contribution in [0.5, 0.6) is 0 Å². The molecule has 0 spiro atoms. The molecular formula is C110H78N8OS. The van der Waals surface area contributed by atoms with Gasteiger partial charge in [-0.15, -0.1) is 11.3 Å². The maximum Gasteiger partial charge on any atom is 0.227 e. The van der Waals surface area contributed by atoms with E-state index in [4.69, 9.17) is 24.4 Å². The summed E-state index contributed by atoms with van der Waals surface area (Å²) in [5, 5.41) is 8.98. The Kier molecular flexibility index (Phi) is 16.0. The number of benzene rings is 16. The molecule has 22 aromatic rings. The summed E-state index contributed by atoms with van der Waals surface area (Å²) in [5.74, 6) is 2.62. The Morgan fingerprint density at radius 1 is 0.250 bits per heavy atom. The molecule has 10 heteroatoms. The van der Waals surface area contributed by atoms with E-state index in [1.54, 1.807) is 11.3 Å². The van der Waals surface area contributed by atoms with Gasteiger partial charge in [-0.1, -0.05) is 272 Å². The molecule has 6 heterocycles. The number of para-hydroxylation sites is 6. The van der Waals surface area contributed by atoms with Gasteiger partial charge in [0.15, 0.2) is 23.1 Å². The Labute approximate surface area is 698 Å². The first-order valence-electron chi connectivity index (χ1n) is 41.2. The van der Waals surface area contributed by atoms with E-state index in [1.165, 1.54) is 143 Å².